The van der Waals surface area contributed by atoms with Crippen molar-refractivity contribution in [2.24, 2.45) is 4.99 Å². The van der Waals surface area contributed by atoms with E-state index in [1.165, 1.54) is 6.08 Å². The van der Waals surface area contributed by atoms with Crippen molar-refractivity contribution in [2.75, 3.05) is 11.9 Å². The standard InChI is InChI=1S/C25H28N2O7/c1-18(14-15-33-24(31)5-3-2-4-23(29)30)34-25(32)27-22-12-8-20(9-13-22)16-19-6-10-21(11-7-19)26-17-28/h6-13,18H,2-5,14-16H2,1H3,(H,27,32)(H,29,30). The highest BCUT2D eigenvalue weighted by Crippen LogP contribution is 2.17. The lowest BCUT2D eigenvalue weighted by Crippen LogP contribution is -2.22. The number of anilines is 1. The number of hydrogen-bond donors (Lipinski definition) is 2. The van der Waals surface area contributed by atoms with Crippen LogP contribution >= 0.6 is 0 Å². The zero-order chi connectivity index (χ0) is 24.8. The number of carboxylic acid groups (broad SMARTS) is 1. The summed E-state index contributed by atoms with van der Waals surface area (Å²) in [4.78, 5) is 48.0. The van der Waals surface area contributed by atoms with Crippen molar-refractivity contribution in [1.29, 1.82) is 0 Å². The predicted molar refractivity (Wildman–Crippen MR) is 125 cm³/mol. The van der Waals surface area contributed by atoms with Gasteiger partial charge in [-0.05, 0) is 61.6 Å². The van der Waals surface area contributed by atoms with Crippen molar-refractivity contribution >= 4 is 35.5 Å². The fourth-order valence-corrected chi connectivity index (χ4v) is 3.03. The minimum atomic E-state index is -0.886. The molecule has 34 heavy (non-hydrogen) atoms. The van der Waals surface area contributed by atoms with Crippen LogP contribution in [0, 0.1) is 0 Å². The lowest BCUT2D eigenvalue weighted by molar-refractivity contribution is -0.144. The maximum absolute atomic E-state index is 12.1. The molecule has 0 aliphatic heterocycles. The number of hydrogen-bond acceptors (Lipinski definition) is 7. The molecule has 9 heteroatoms. The molecule has 1 atom stereocenters. The second-order valence-electron chi connectivity index (χ2n) is 7.69. The Balaban J connectivity index is 1.67. The number of esters is 1. The van der Waals surface area contributed by atoms with E-state index in [0.29, 0.717) is 37.1 Å². The molecule has 1 amide bonds. The normalized spacial score (nSPS) is 11.1. The monoisotopic (exact) mass is 468 g/mol. The highest BCUT2D eigenvalue weighted by molar-refractivity contribution is 5.84. The highest BCUT2D eigenvalue weighted by Gasteiger charge is 2.11. The van der Waals surface area contributed by atoms with E-state index in [9.17, 15) is 19.2 Å². The molecule has 0 fully saturated rings. The Hall–Kier alpha value is -3.97. The van der Waals surface area contributed by atoms with E-state index in [1.54, 1.807) is 31.2 Å². The first-order valence-corrected chi connectivity index (χ1v) is 11.0. The molecule has 2 aromatic rings. The summed E-state index contributed by atoms with van der Waals surface area (Å²) in [7, 11) is 0. The van der Waals surface area contributed by atoms with E-state index in [4.69, 9.17) is 14.6 Å². The average molecular weight is 469 g/mol. The summed E-state index contributed by atoms with van der Waals surface area (Å²) >= 11 is 0. The summed E-state index contributed by atoms with van der Waals surface area (Å²) < 4.78 is 10.4. The van der Waals surface area contributed by atoms with Gasteiger partial charge >= 0.3 is 18.0 Å². The number of benzene rings is 2. The van der Waals surface area contributed by atoms with E-state index < -0.39 is 24.1 Å². The number of aliphatic carboxylic acids is 1. The van der Waals surface area contributed by atoms with Gasteiger partial charge < -0.3 is 14.6 Å². The molecule has 0 radical (unpaired) electrons. The van der Waals surface area contributed by atoms with Gasteiger partial charge in [-0.2, -0.15) is 4.99 Å². The van der Waals surface area contributed by atoms with Crippen molar-refractivity contribution in [2.45, 2.75) is 51.6 Å². The smallest absolute Gasteiger partial charge is 0.411 e. The number of unbranched alkanes of at least 4 members (excludes halogenated alkanes) is 1. The minimum Gasteiger partial charge on any atom is -0.481 e. The summed E-state index contributed by atoms with van der Waals surface area (Å²) in [6.07, 6.45) is 2.57. The van der Waals surface area contributed by atoms with E-state index in [0.717, 1.165) is 11.1 Å². The van der Waals surface area contributed by atoms with Gasteiger partial charge in [-0.25, -0.2) is 9.59 Å². The fourth-order valence-electron chi connectivity index (χ4n) is 3.03. The molecule has 0 spiro atoms. The van der Waals surface area contributed by atoms with Crippen LogP contribution < -0.4 is 5.32 Å². The molecule has 0 aromatic heterocycles. The number of isocyanates is 1. The Morgan fingerprint density at radius 2 is 1.62 bits per heavy atom. The van der Waals surface area contributed by atoms with Crippen LogP contribution in [0.2, 0.25) is 0 Å². The first-order valence-electron chi connectivity index (χ1n) is 11.0. The van der Waals surface area contributed by atoms with E-state index in [2.05, 4.69) is 10.3 Å². The number of ether oxygens (including phenoxy) is 2. The molecule has 1 unspecified atom stereocenters. The number of nitrogens with zero attached hydrogens (tertiary/aromatic N) is 1. The Labute approximate surface area is 197 Å². The Kier molecular flexibility index (Phi) is 11.0. The van der Waals surface area contributed by atoms with E-state index in [-0.39, 0.29) is 19.4 Å². The van der Waals surface area contributed by atoms with Crippen molar-refractivity contribution in [3.05, 3.63) is 59.7 Å². The number of rotatable bonds is 13. The summed E-state index contributed by atoms with van der Waals surface area (Å²) in [5, 5.41) is 11.2. The Bertz CT molecular complexity index is 997. The van der Waals surface area contributed by atoms with Crippen LogP contribution in [0.25, 0.3) is 0 Å². The second-order valence-corrected chi connectivity index (χ2v) is 7.69. The molecule has 0 bridgehead atoms. The van der Waals surface area contributed by atoms with Gasteiger partial charge in [0.2, 0.25) is 6.08 Å². The maximum atomic E-state index is 12.1. The molecule has 2 N–H and O–H groups in total. The van der Waals surface area contributed by atoms with Crippen LogP contribution in [-0.2, 0) is 30.3 Å². The van der Waals surface area contributed by atoms with Crippen LogP contribution in [0.4, 0.5) is 16.2 Å². The first kappa shape index (κ1) is 26.3. The third-order valence-electron chi connectivity index (χ3n) is 4.84. The molecule has 0 aliphatic rings. The molecule has 2 aromatic carbocycles. The third kappa shape index (κ3) is 10.6. The van der Waals surface area contributed by atoms with Gasteiger partial charge in [0.15, 0.2) is 0 Å². The van der Waals surface area contributed by atoms with Gasteiger partial charge in [-0.1, -0.05) is 24.3 Å². The molecular weight excluding hydrogens is 440 g/mol. The molecule has 180 valence electrons. The minimum absolute atomic E-state index is 0.0309. The molecule has 2 rings (SSSR count). The Morgan fingerprint density at radius 3 is 2.24 bits per heavy atom. The Morgan fingerprint density at radius 1 is 1.00 bits per heavy atom. The number of nitrogens with one attached hydrogen (secondary N) is 1. The largest absolute Gasteiger partial charge is 0.481 e. The van der Waals surface area contributed by atoms with Gasteiger partial charge in [0.1, 0.15) is 6.10 Å². The van der Waals surface area contributed by atoms with Crippen LogP contribution in [-0.4, -0.2) is 41.9 Å². The maximum Gasteiger partial charge on any atom is 0.411 e. The number of carbonyl (C=O) groups is 3. The van der Waals surface area contributed by atoms with Crippen molar-refractivity contribution in [3.8, 4) is 0 Å². The summed E-state index contributed by atoms with van der Waals surface area (Å²) in [6, 6.07) is 14.6. The summed E-state index contributed by atoms with van der Waals surface area (Å²) in [6.45, 7) is 1.82. The second kappa shape index (κ2) is 14.2. The molecule has 9 nitrogen and oxygen atoms in total. The molecule has 0 heterocycles. The first-order chi connectivity index (χ1) is 16.4. The number of amides is 1. The van der Waals surface area contributed by atoms with Gasteiger partial charge in [0.05, 0.1) is 12.3 Å². The highest BCUT2D eigenvalue weighted by atomic mass is 16.6. The van der Waals surface area contributed by atoms with Gasteiger partial charge in [0, 0.05) is 24.9 Å². The van der Waals surface area contributed by atoms with Gasteiger partial charge in [0.25, 0.3) is 0 Å². The van der Waals surface area contributed by atoms with Crippen molar-refractivity contribution in [1.82, 2.24) is 0 Å². The van der Waals surface area contributed by atoms with Gasteiger partial charge in [-0.3, -0.25) is 14.9 Å². The number of carboxylic acids is 1. The quantitative estimate of drug-likeness (QED) is 0.187. The van der Waals surface area contributed by atoms with Crippen LogP contribution in [0.15, 0.2) is 53.5 Å². The molecule has 0 aliphatic carbocycles. The summed E-state index contributed by atoms with van der Waals surface area (Å²) in [5.41, 5.74) is 3.24. The molecular formula is C25H28N2O7. The fraction of sp³-hybridized carbons (Fsp3) is 0.360. The van der Waals surface area contributed by atoms with Crippen molar-refractivity contribution < 1.29 is 33.8 Å². The number of aliphatic imine (C=N–C) groups is 1. The zero-order valence-electron chi connectivity index (χ0n) is 19.0. The predicted octanol–water partition coefficient (Wildman–Crippen LogP) is 4.76. The average Bonchev–Trinajstić information content (AvgIpc) is 2.79. The third-order valence-corrected chi connectivity index (χ3v) is 4.84. The zero-order valence-corrected chi connectivity index (χ0v) is 19.0. The van der Waals surface area contributed by atoms with E-state index >= 15 is 0 Å². The van der Waals surface area contributed by atoms with Gasteiger partial charge in [-0.15, -0.1) is 0 Å². The van der Waals surface area contributed by atoms with Crippen LogP contribution in [0.1, 0.15) is 50.2 Å². The number of carbonyl (C=O) groups excluding carboxylic acids is 3. The van der Waals surface area contributed by atoms with Crippen LogP contribution in [0.3, 0.4) is 0 Å². The lowest BCUT2D eigenvalue weighted by Gasteiger charge is -2.14. The topological polar surface area (TPSA) is 131 Å². The molecule has 0 saturated heterocycles. The van der Waals surface area contributed by atoms with E-state index in [1.807, 2.05) is 24.3 Å². The molecule has 0 saturated carbocycles. The SMILES string of the molecule is CC(CCOC(=O)CCCCC(=O)O)OC(=O)Nc1ccc(Cc2ccc(N=C=O)cc2)cc1. The summed E-state index contributed by atoms with van der Waals surface area (Å²) in [5.74, 6) is -1.28. The lowest BCUT2D eigenvalue weighted by atomic mass is 10.0. The van der Waals surface area contributed by atoms with Crippen LogP contribution in [0.5, 0.6) is 0 Å². The van der Waals surface area contributed by atoms with Crippen molar-refractivity contribution in [3.63, 3.8) is 0 Å².